The number of fused-ring (bicyclic) bond motifs is 1. The van der Waals surface area contributed by atoms with Crippen molar-refractivity contribution in [3.05, 3.63) is 118 Å². The minimum Gasteiger partial charge on any atom is -0.508 e. The number of aliphatic hydroxyl groups is 6. The molecule has 0 unspecified atom stereocenters. The summed E-state index contributed by atoms with van der Waals surface area (Å²) in [6, 6.07) is 18.5. The number of phenols is 5. The number of ether oxygens (including phenoxy) is 8. The van der Waals surface area contributed by atoms with Crippen molar-refractivity contribution in [2.75, 3.05) is 6.61 Å². The number of rotatable bonds is 14. The van der Waals surface area contributed by atoms with Crippen LogP contribution in [0.2, 0.25) is 0 Å². The molecule has 11 N–H and O–H groups in total. The smallest absolute Gasteiger partial charge is 0.331 e. The number of carbonyl (C=O) groups excluding carboxylic acids is 2. The standard InChI is InChI=1S/C51H52O23/c1-22-37(59)39(61)41(63)49(67-22)66-21-33-46(72-35(58)18-8-25-5-13-28(53)14-6-25)43(65)48(74-50-42(64)40(62)44(23(2)68-50)71-34(57)17-7-24-3-11-27(52)12-4-24)51(70-33)73-47-38(60)36-31(56)19-30(55)20-32(36)69-45(47)26-9-15-29(54)16-10-26/h3-20,22-23,33,37,39-44,46,48-56,59,61-65H,21H2,1-2H3/b17-7+,18-8+/t22-,23-,33+,37-,39+,40-,41+,42+,43-,44-,46-,48+,49+,50-,51-/m0/s1. The third kappa shape index (κ3) is 11.8. The van der Waals surface area contributed by atoms with E-state index in [4.69, 9.17) is 42.3 Å². The van der Waals surface area contributed by atoms with Gasteiger partial charge in [-0.2, -0.15) is 0 Å². The van der Waals surface area contributed by atoms with Crippen molar-refractivity contribution in [2.24, 2.45) is 0 Å². The van der Waals surface area contributed by atoms with E-state index in [0.29, 0.717) is 11.1 Å². The van der Waals surface area contributed by atoms with Gasteiger partial charge in [-0.05, 0) is 85.7 Å². The second kappa shape index (κ2) is 22.6. The first-order valence-corrected chi connectivity index (χ1v) is 22.9. The first-order valence-electron chi connectivity index (χ1n) is 22.9. The SMILES string of the molecule is C[C@@H]1O[C@@H](OC[C@H]2O[C@@H](Oc3c(-c4ccc(O)cc4)oc4cc(O)cc(O)c4c3=O)[C@H](O[C@@H]3O[C@@H](C)[C@H](OC(=O)/C=C/c4ccc(O)cc4)[C@@H](O)[C@H]3O)[C@@H](O)[C@H]2OC(=O)/C=C/c2ccc(O)cc2)[C@H](O)[C@H](O)[C@H]1O. The van der Waals surface area contributed by atoms with Gasteiger partial charge in [0.15, 0.2) is 36.7 Å². The van der Waals surface area contributed by atoms with E-state index in [-0.39, 0.29) is 28.4 Å². The molecule has 23 nitrogen and oxygen atoms in total. The van der Waals surface area contributed by atoms with Crippen LogP contribution in [0.5, 0.6) is 34.5 Å². The van der Waals surface area contributed by atoms with Crippen molar-refractivity contribution < 1.29 is 108 Å². The van der Waals surface area contributed by atoms with Crippen molar-refractivity contribution >= 4 is 35.1 Å². The fourth-order valence-corrected chi connectivity index (χ4v) is 8.33. The van der Waals surface area contributed by atoms with Crippen LogP contribution >= 0.6 is 0 Å². The van der Waals surface area contributed by atoms with E-state index in [2.05, 4.69) is 0 Å². The molecule has 5 aromatic rings. The molecule has 3 saturated heterocycles. The highest BCUT2D eigenvalue weighted by molar-refractivity contribution is 5.89. The lowest BCUT2D eigenvalue weighted by Crippen LogP contribution is -2.66. The van der Waals surface area contributed by atoms with Crippen LogP contribution < -0.4 is 10.2 Å². The molecule has 0 amide bonds. The summed E-state index contributed by atoms with van der Waals surface area (Å²) < 4.78 is 53.4. The fraction of sp³-hybridized carbons (Fsp3) is 0.353. The number of phenolic OH excluding ortho intramolecular Hbond substituents is 5. The Morgan fingerprint density at radius 2 is 1.11 bits per heavy atom. The van der Waals surface area contributed by atoms with Gasteiger partial charge in [0, 0.05) is 29.8 Å². The molecule has 394 valence electrons. The highest BCUT2D eigenvalue weighted by Crippen LogP contribution is 2.39. The van der Waals surface area contributed by atoms with Gasteiger partial charge in [-0.1, -0.05) is 24.3 Å². The highest BCUT2D eigenvalue weighted by atomic mass is 16.8. The quantitative estimate of drug-likeness (QED) is 0.0553. The molecule has 8 rings (SSSR count). The predicted molar refractivity (Wildman–Crippen MR) is 252 cm³/mol. The van der Waals surface area contributed by atoms with Crippen LogP contribution in [0.15, 0.2) is 106 Å². The molecule has 23 heteroatoms. The molecule has 0 spiro atoms. The van der Waals surface area contributed by atoms with E-state index in [0.717, 1.165) is 24.3 Å². The van der Waals surface area contributed by atoms with Gasteiger partial charge in [0.05, 0.1) is 18.8 Å². The van der Waals surface area contributed by atoms with Gasteiger partial charge >= 0.3 is 11.9 Å². The Labute approximate surface area is 419 Å². The Morgan fingerprint density at radius 1 is 0.568 bits per heavy atom. The number of carbonyl (C=O) groups is 2. The largest absolute Gasteiger partial charge is 0.508 e. The van der Waals surface area contributed by atoms with Gasteiger partial charge < -0.3 is 98.5 Å². The van der Waals surface area contributed by atoms with Crippen LogP contribution in [-0.4, -0.2) is 167 Å². The molecule has 0 saturated carbocycles. The Kier molecular flexibility index (Phi) is 16.2. The molecule has 0 radical (unpaired) electrons. The van der Waals surface area contributed by atoms with E-state index in [9.17, 15) is 70.6 Å². The van der Waals surface area contributed by atoms with Crippen LogP contribution in [0.3, 0.4) is 0 Å². The average Bonchev–Trinajstić information content (AvgIpc) is 3.36. The Morgan fingerprint density at radius 3 is 1.70 bits per heavy atom. The molecular weight excluding hydrogens is 981 g/mol. The lowest BCUT2D eigenvalue weighted by atomic mass is 9.97. The molecule has 74 heavy (non-hydrogen) atoms. The first-order chi connectivity index (χ1) is 35.3. The van der Waals surface area contributed by atoms with E-state index < -0.39 is 144 Å². The van der Waals surface area contributed by atoms with E-state index in [1.165, 1.54) is 98.8 Å². The highest BCUT2D eigenvalue weighted by Gasteiger charge is 2.54. The van der Waals surface area contributed by atoms with Crippen LogP contribution in [0.1, 0.15) is 25.0 Å². The normalized spacial score (nSPS) is 30.4. The number of esters is 2. The molecule has 15 atom stereocenters. The molecule has 1 aromatic heterocycles. The summed E-state index contributed by atoms with van der Waals surface area (Å²) >= 11 is 0. The molecule has 0 aliphatic carbocycles. The molecule has 3 aliphatic rings. The van der Waals surface area contributed by atoms with Crippen LogP contribution in [-0.2, 0) is 42.7 Å². The van der Waals surface area contributed by atoms with Crippen LogP contribution in [0, 0.1) is 0 Å². The second-order valence-electron chi connectivity index (χ2n) is 17.6. The van der Waals surface area contributed by atoms with Gasteiger partial charge in [0.25, 0.3) is 0 Å². The predicted octanol–water partition coefficient (Wildman–Crippen LogP) is 1.40. The molecule has 4 heterocycles. The topological polar surface area (TPSA) is 361 Å². The van der Waals surface area contributed by atoms with E-state index in [1.807, 2.05) is 0 Å². The minimum absolute atomic E-state index is 0.00854. The van der Waals surface area contributed by atoms with E-state index >= 15 is 0 Å². The summed E-state index contributed by atoms with van der Waals surface area (Å²) in [7, 11) is 0. The van der Waals surface area contributed by atoms with Gasteiger partial charge in [0.2, 0.25) is 17.5 Å². The second-order valence-corrected chi connectivity index (χ2v) is 17.6. The Bertz CT molecular complexity index is 2890. The third-order valence-corrected chi connectivity index (χ3v) is 12.3. The maximum absolute atomic E-state index is 14.5. The van der Waals surface area contributed by atoms with Crippen molar-refractivity contribution in [3.63, 3.8) is 0 Å². The van der Waals surface area contributed by atoms with Crippen molar-refractivity contribution in [3.8, 4) is 45.8 Å². The van der Waals surface area contributed by atoms with Crippen molar-refractivity contribution in [2.45, 2.75) is 106 Å². The summed E-state index contributed by atoms with van der Waals surface area (Å²) in [5.74, 6) is -4.73. The maximum Gasteiger partial charge on any atom is 0.331 e. The van der Waals surface area contributed by atoms with E-state index in [1.54, 1.807) is 0 Å². The zero-order valence-corrected chi connectivity index (χ0v) is 39.1. The molecule has 4 aromatic carbocycles. The van der Waals surface area contributed by atoms with Crippen molar-refractivity contribution in [1.82, 2.24) is 0 Å². The number of hydrogen-bond acceptors (Lipinski definition) is 23. The lowest BCUT2D eigenvalue weighted by Gasteiger charge is -2.47. The number of aromatic hydroxyl groups is 5. The summed E-state index contributed by atoms with van der Waals surface area (Å²) in [6.45, 7) is 1.96. The molecule has 3 fully saturated rings. The van der Waals surface area contributed by atoms with Gasteiger partial charge in [0.1, 0.15) is 82.4 Å². The van der Waals surface area contributed by atoms with Crippen LogP contribution in [0.4, 0.5) is 0 Å². The maximum atomic E-state index is 14.5. The Hall–Kier alpha value is -7.13. The average molecular weight is 1030 g/mol. The summed E-state index contributed by atoms with van der Waals surface area (Å²) in [5, 5.41) is 117. The van der Waals surface area contributed by atoms with Gasteiger partial charge in [-0.15, -0.1) is 0 Å². The third-order valence-electron chi connectivity index (χ3n) is 12.3. The van der Waals surface area contributed by atoms with Crippen molar-refractivity contribution in [1.29, 1.82) is 0 Å². The van der Waals surface area contributed by atoms with Gasteiger partial charge in [-0.25, -0.2) is 9.59 Å². The fourth-order valence-electron chi connectivity index (χ4n) is 8.33. The number of aliphatic hydroxyl groups excluding tert-OH is 6. The number of hydrogen-bond donors (Lipinski definition) is 11. The summed E-state index contributed by atoms with van der Waals surface area (Å²) in [6.07, 6.45) is -22.0. The number of benzene rings is 4. The van der Waals surface area contributed by atoms with Crippen LogP contribution in [0.25, 0.3) is 34.4 Å². The zero-order chi connectivity index (χ0) is 53.1. The minimum atomic E-state index is -2.17. The summed E-state index contributed by atoms with van der Waals surface area (Å²) in [5.41, 5.74) is -0.411. The zero-order valence-electron chi connectivity index (χ0n) is 39.1. The summed E-state index contributed by atoms with van der Waals surface area (Å²) in [4.78, 5) is 41.1. The monoisotopic (exact) mass is 1030 g/mol. The molecule has 0 bridgehead atoms. The molecular formula is C51H52O23. The van der Waals surface area contributed by atoms with Gasteiger partial charge in [-0.3, -0.25) is 4.79 Å². The Balaban J connectivity index is 1.16. The molecule has 3 aliphatic heterocycles. The first kappa shape index (κ1) is 53.2. The lowest BCUT2D eigenvalue weighted by molar-refractivity contribution is -0.360.